The number of aromatic carboxylic acids is 1. The number of carboxylic acids is 1. The molecule has 1 rings (SSSR count). The normalized spacial score (nSPS) is 10.5. The summed E-state index contributed by atoms with van der Waals surface area (Å²) in [5, 5.41) is 9.12. The Bertz CT molecular complexity index is 437. The van der Waals surface area contributed by atoms with Crippen LogP contribution in [0.4, 0.5) is 11.4 Å². The zero-order chi connectivity index (χ0) is 15.0. The molecule has 0 unspecified atom stereocenters. The first-order valence-corrected chi connectivity index (χ1v) is 6.45. The van der Waals surface area contributed by atoms with Gasteiger partial charge in [-0.15, -0.1) is 0 Å². The first kappa shape index (κ1) is 16.3. The Morgan fingerprint density at radius 3 is 2.55 bits per heavy atom. The first-order chi connectivity index (χ1) is 9.60. The van der Waals surface area contributed by atoms with E-state index in [1.54, 1.807) is 26.4 Å². The highest BCUT2D eigenvalue weighted by Gasteiger charge is 2.12. The monoisotopic (exact) mass is 282 g/mol. The van der Waals surface area contributed by atoms with Crippen molar-refractivity contribution in [1.29, 1.82) is 0 Å². The lowest BCUT2D eigenvalue weighted by molar-refractivity contribution is 0.0698. The largest absolute Gasteiger partial charge is 0.478 e. The second-order valence-corrected chi connectivity index (χ2v) is 4.40. The van der Waals surface area contributed by atoms with E-state index in [4.69, 9.17) is 20.3 Å². The number of nitrogens with zero attached hydrogens (tertiary/aromatic N) is 1. The van der Waals surface area contributed by atoms with Gasteiger partial charge in [-0.3, -0.25) is 0 Å². The number of methoxy groups -OCH3 is 2. The van der Waals surface area contributed by atoms with Crippen molar-refractivity contribution < 1.29 is 19.4 Å². The Balaban J connectivity index is 2.88. The Morgan fingerprint density at radius 2 is 1.95 bits per heavy atom. The van der Waals surface area contributed by atoms with Crippen LogP contribution in [0.5, 0.6) is 0 Å². The molecular formula is C14H22N2O4. The van der Waals surface area contributed by atoms with E-state index in [1.807, 2.05) is 6.07 Å². The summed E-state index contributed by atoms with van der Waals surface area (Å²) in [5.41, 5.74) is 6.88. The zero-order valence-corrected chi connectivity index (χ0v) is 12.0. The molecule has 1 aromatic rings. The molecule has 0 bridgehead atoms. The first-order valence-electron chi connectivity index (χ1n) is 6.45. The minimum absolute atomic E-state index is 0.122. The Labute approximate surface area is 119 Å². The van der Waals surface area contributed by atoms with Crippen LogP contribution in [-0.4, -0.2) is 51.6 Å². The molecule has 0 spiro atoms. The molecular weight excluding hydrogens is 260 g/mol. The molecule has 6 nitrogen and oxygen atoms in total. The molecule has 0 aliphatic carbocycles. The summed E-state index contributed by atoms with van der Waals surface area (Å²) in [6.07, 6.45) is 0.854. The van der Waals surface area contributed by atoms with Gasteiger partial charge in [0.25, 0.3) is 0 Å². The van der Waals surface area contributed by atoms with Gasteiger partial charge in [-0.05, 0) is 24.6 Å². The highest BCUT2D eigenvalue weighted by Crippen LogP contribution is 2.21. The molecule has 0 aliphatic rings. The minimum Gasteiger partial charge on any atom is -0.478 e. The fourth-order valence-corrected chi connectivity index (χ4v) is 1.90. The Kier molecular flexibility index (Phi) is 6.83. The third kappa shape index (κ3) is 4.71. The number of carboxylic acid groups (broad SMARTS) is 1. The van der Waals surface area contributed by atoms with Gasteiger partial charge < -0.3 is 25.2 Å². The van der Waals surface area contributed by atoms with Crippen LogP contribution in [0, 0.1) is 0 Å². The lowest BCUT2D eigenvalue weighted by atomic mass is 10.1. The average molecular weight is 282 g/mol. The summed E-state index contributed by atoms with van der Waals surface area (Å²) in [6, 6.07) is 5.04. The molecule has 1 aromatic carbocycles. The number of nitrogens with two attached hydrogens (primary N) is 1. The SMILES string of the molecule is COCCCN(CCOC)c1ccc(N)c(C(=O)O)c1. The van der Waals surface area contributed by atoms with Gasteiger partial charge in [0.2, 0.25) is 0 Å². The van der Waals surface area contributed by atoms with Crippen LogP contribution in [0.2, 0.25) is 0 Å². The molecule has 6 heteroatoms. The lowest BCUT2D eigenvalue weighted by Gasteiger charge is -2.25. The van der Waals surface area contributed by atoms with E-state index in [1.165, 1.54) is 0 Å². The van der Waals surface area contributed by atoms with Crippen LogP contribution in [-0.2, 0) is 9.47 Å². The molecule has 0 fully saturated rings. The van der Waals surface area contributed by atoms with Crippen LogP contribution in [0.1, 0.15) is 16.8 Å². The van der Waals surface area contributed by atoms with E-state index in [0.717, 1.165) is 18.7 Å². The summed E-state index contributed by atoms with van der Waals surface area (Å²) in [4.78, 5) is 13.2. The van der Waals surface area contributed by atoms with Gasteiger partial charge >= 0.3 is 5.97 Å². The van der Waals surface area contributed by atoms with Crippen molar-refractivity contribution in [2.75, 3.05) is 51.2 Å². The molecule has 0 aromatic heterocycles. The summed E-state index contributed by atoms with van der Waals surface area (Å²) in [7, 11) is 3.30. The molecule has 20 heavy (non-hydrogen) atoms. The van der Waals surface area contributed by atoms with Crippen molar-refractivity contribution in [3.63, 3.8) is 0 Å². The van der Waals surface area contributed by atoms with E-state index in [0.29, 0.717) is 19.8 Å². The standard InChI is InChI=1S/C14H22N2O4/c1-19-8-3-6-16(7-9-20-2)11-4-5-13(15)12(10-11)14(17)18/h4-5,10H,3,6-9,15H2,1-2H3,(H,17,18). The van der Waals surface area contributed by atoms with Gasteiger partial charge in [0, 0.05) is 45.3 Å². The zero-order valence-electron chi connectivity index (χ0n) is 12.0. The second-order valence-electron chi connectivity index (χ2n) is 4.40. The fraction of sp³-hybridized carbons (Fsp3) is 0.500. The highest BCUT2D eigenvalue weighted by atomic mass is 16.5. The van der Waals surface area contributed by atoms with Crippen LogP contribution >= 0.6 is 0 Å². The third-order valence-corrected chi connectivity index (χ3v) is 2.97. The summed E-state index contributed by atoms with van der Waals surface area (Å²) in [6.45, 7) is 2.67. The van der Waals surface area contributed by atoms with Gasteiger partial charge in [0.05, 0.1) is 12.2 Å². The van der Waals surface area contributed by atoms with Crippen LogP contribution in [0.3, 0.4) is 0 Å². The predicted octanol–water partition coefficient (Wildman–Crippen LogP) is 1.46. The highest BCUT2D eigenvalue weighted by molar-refractivity contribution is 5.94. The Morgan fingerprint density at radius 1 is 1.25 bits per heavy atom. The molecule has 112 valence electrons. The number of hydrogen-bond acceptors (Lipinski definition) is 5. The van der Waals surface area contributed by atoms with Crippen LogP contribution < -0.4 is 10.6 Å². The van der Waals surface area contributed by atoms with E-state index >= 15 is 0 Å². The molecule has 0 radical (unpaired) electrons. The van der Waals surface area contributed by atoms with Crippen molar-refractivity contribution in [3.05, 3.63) is 23.8 Å². The third-order valence-electron chi connectivity index (χ3n) is 2.97. The smallest absolute Gasteiger partial charge is 0.337 e. The number of benzene rings is 1. The van der Waals surface area contributed by atoms with E-state index in [2.05, 4.69) is 4.90 Å². The molecule has 0 atom stereocenters. The van der Waals surface area contributed by atoms with Gasteiger partial charge in [-0.1, -0.05) is 0 Å². The maximum Gasteiger partial charge on any atom is 0.337 e. The van der Waals surface area contributed by atoms with E-state index in [-0.39, 0.29) is 11.3 Å². The van der Waals surface area contributed by atoms with Crippen molar-refractivity contribution in [2.24, 2.45) is 0 Å². The summed E-state index contributed by atoms with van der Waals surface area (Å²) in [5.74, 6) is -1.02. The van der Waals surface area contributed by atoms with E-state index in [9.17, 15) is 4.79 Å². The maximum absolute atomic E-state index is 11.1. The lowest BCUT2D eigenvalue weighted by Crippen LogP contribution is -2.29. The van der Waals surface area contributed by atoms with Crippen molar-refractivity contribution in [2.45, 2.75) is 6.42 Å². The quantitative estimate of drug-likeness (QED) is 0.527. The van der Waals surface area contributed by atoms with Crippen molar-refractivity contribution in [3.8, 4) is 0 Å². The minimum atomic E-state index is -1.02. The van der Waals surface area contributed by atoms with Gasteiger partial charge in [-0.2, -0.15) is 0 Å². The number of nitrogen functional groups attached to an aromatic ring is 1. The van der Waals surface area contributed by atoms with Crippen LogP contribution in [0.15, 0.2) is 18.2 Å². The number of rotatable bonds is 9. The number of anilines is 2. The van der Waals surface area contributed by atoms with Crippen molar-refractivity contribution in [1.82, 2.24) is 0 Å². The fourth-order valence-electron chi connectivity index (χ4n) is 1.90. The molecule has 0 saturated carbocycles. The number of ether oxygens (including phenoxy) is 2. The number of carbonyl (C=O) groups is 1. The predicted molar refractivity (Wildman–Crippen MR) is 78.4 cm³/mol. The molecule has 0 saturated heterocycles. The molecule has 0 heterocycles. The molecule has 0 amide bonds. The van der Waals surface area contributed by atoms with Gasteiger partial charge in [0.1, 0.15) is 0 Å². The average Bonchev–Trinajstić information content (AvgIpc) is 2.43. The summed E-state index contributed by atoms with van der Waals surface area (Å²) < 4.78 is 10.1. The summed E-state index contributed by atoms with van der Waals surface area (Å²) >= 11 is 0. The van der Waals surface area contributed by atoms with Crippen molar-refractivity contribution >= 4 is 17.3 Å². The number of hydrogen-bond donors (Lipinski definition) is 2. The Hall–Kier alpha value is -1.79. The second kappa shape index (κ2) is 8.39. The van der Waals surface area contributed by atoms with Crippen LogP contribution in [0.25, 0.3) is 0 Å². The molecule has 0 aliphatic heterocycles. The maximum atomic E-state index is 11.1. The van der Waals surface area contributed by atoms with E-state index < -0.39 is 5.97 Å². The topological polar surface area (TPSA) is 85.0 Å². The molecule has 3 N–H and O–H groups in total. The van der Waals surface area contributed by atoms with Gasteiger partial charge in [0.15, 0.2) is 0 Å². The van der Waals surface area contributed by atoms with Gasteiger partial charge in [-0.25, -0.2) is 4.79 Å².